The standard InChI is InChI=1S/C24H42F3N11O3/c25-24(26,27)20(39)17-6-2-4-10-31-14-16-15-38(37-36-16)13-12-32-18(7-1-3-9-28)21(40)35-19(22(41)34-17)8-5-11-33-23(29)30/h15,17-19,31-32H,1-14,28H2,(H,34,41)(H,35,40)(H4,29,30,33)/t17-,18-,19-/m0/s1. The molecule has 0 saturated heterocycles. The van der Waals surface area contributed by atoms with Crippen molar-refractivity contribution in [3.8, 4) is 0 Å². The highest BCUT2D eigenvalue weighted by molar-refractivity contribution is 5.95. The van der Waals surface area contributed by atoms with Crippen molar-refractivity contribution < 1.29 is 27.6 Å². The van der Waals surface area contributed by atoms with Crippen LogP contribution in [0.25, 0.3) is 0 Å². The Kier molecular flexibility index (Phi) is 14.5. The number of carbonyl (C=O) groups is 3. The average molecular weight is 590 g/mol. The summed E-state index contributed by atoms with van der Waals surface area (Å²) in [4.78, 5) is 42.5. The first-order valence-electron chi connectivity index (χ1n) is 13.8. The Morgan fingerprint density at radius 1 is 1.05 bits per heavy atom. The Bertz CT molecular complexity index is 999. The first kappa shape index (κ1) is 33.9. The molecule has 2 rings (SSSR count). The number of rotatable bonds is 9. The van der Waals surface area contributed by atoms with Crippen molar-refractivity contribution in [2.45, 2.75) is 88.8 Å². The van der Waals surface area contributed by atoms with Gasteiger partial charge in [0.05, 0.1) is 24.3 Å². The lowest BCUT2D eigenvalue weighted by atomic mass is 10.0. The van der Waals surface area contributed by atoms with E-state index in [2.05, 4.69) is 36.6 Å². The zero-order valence-electron chi connectivity index (χ0n) is 23.1. The summed E-state index contributed by atoms with van der Waals surface area (Å²) < 4.78 is 41.7. The van der Waals surface area contributed by atoms with Crippen LogP contribution in [0.1, 0.15) is 57.1 Å². The van der Waals surface area contributed by atoms with Crippen LogP contribution in [0.4, 0.5) is 13.2 Å². The number of hydrogen-bond donors (Lipinski definition) is 7. The second-order valence-corrected chi connectivity index (χ2v) is 9.87. The highest BCUT2D eigenvalue weighted by atomic mass is 19.4. The van der Waals surface area contributed by atoms with Crippen LogP contribution in [0, 0.1) is 0 Å². The maximum absolute atomic E-state index is 13.4. The number of aromatic nitrogens is 3. The smallest absolute Gasteiger partial charge is 0.370 e. The number of Topliss-reactive ketones (excluding diaryl/α,β-unsaturated/α-hetero) is 1. The van der Waals surface area contributed by atoms with E-state index < -0.39 is 41.9 Å². The van der Waals surface area contributed by atoms with Crippen LogP contribution in [-0.4, -0.2) is 89.0 Å². The highest BCUT2D eigenvalue weighted by Crippen LogP contribution is 2.20. The fraction of sp³-hybridized carbons (Fsp3) is 0.750. The molecule has 41 heavy (non-hydrogen) atoms. The molecule has 0 aliphatic carbocycles. The maximum Gasteiger partial charge on any atom is 0.452 e. The minimum atomic E-state index is -5.14. The van der Waals surface area contributed by atoms with E-state index >= 15 is 0 Å². The lowest BCUT2D eigenvalue weighted by Crippen LogP contribution is -2.56. The van der Waals surface area contributed by atoms with Gasteiger partial charge in [-0.25, -0.2) is 0 Å². The van der Waals surface area contributed by atoms with Crippen molar-refractivity contribution in [2.75, 3.05) is 26.2 Å². The number of halogens is 3. The van der Waals surface area contributed by atoms with Crippen molar-refractivity contribution in [1.29, 1.82) is 0 Å². The van der Waals surface area contributed by atoms with E-state index in [1.54, 1.807) is 10.9 Å². The van der Waals surface area contributed by atoms with Gasteiger partial charge in [-0.1, -0.05) is 11.6 Å². The molecule has 3 atom stereocenters. The molecule has 2 heterocycles. The van der Waals surface area contributed by atoms with E-state index in [4.69, 9.17) is 17.2 Å². The Morgan fingerprint density at radius 2 is 1.78 bits per heavy atom. The summed E-state index contributed by atoms with van der Waals surface area (Å²) in [6, 6.07) is -3.73. The Labute approximate surface area is 236 Å². The third kappa shape index (κ3) is 12.8. The molecule has 2 bridgehead atoms. The van der Waals surface area contributed by atoms with Crippen LogP contribution in [0.15, 0.2) is 11.2 Å². The fourth-order valence-electron chi connectivity index (χ4n) is 4.30. The molecule has 14 nitrogen and oxygen atoms in total. The normalized spacial score (nSPS) is 22.0. The zero-order chi connectivity index (χ0) is 30.3. The predicted octanol–water partition coefficient (Wildman–Crippen LogP) is -1.21. The fourth-order valence-corrected chi connectivity index (χ4v) is 4.30. The summed E-state index contributed by atoms with van der Waals surface area (Å²) in [5.74, 6) is -3.61. The summed E-state index contributed by atoms with van der Waals surface area (Å²) >= 11 is 0. The third-order valence-electron chi connectivity index (χ3n) is 6.47. The van der Waals surface area contributed by atoms with Gasteiger partial charge in [0, 0.05) is 25.8 Å². The molecule has 1 aromatic heterocycles. The number of nitrogens with one attached hydrogen (secondary N) is 4. The molecule has 0 spiro atoms. The molecule has 1 aliphatic rings. The van der Waals surface area contributed by atoms with Crippen LogP contribution in [0.2, 0.25) is 0 Å². The lowest BCUT2D eigenvalue weighted by Gasteiger charge is -2.26. The summed E-state index contributed by atoms with van der Waals surface area (Å²) in [5, 5.41) is 19.4. The van der Waals surface area contributed by atoms with Crippen molar-refractivity contribution in [3.05, 3.63) is 11.9 Å². The summed E-state index contributed by atoms with van der Waals surface area (Å²) in [7, 11) is 0. The molecule has 0 radical (unpaired) electrons. The van der Waals surface area contributed by atoms with E-state index in [1.807, 2.05) is 0 Å². The summed E-state index contributed by atoms with van der Waals surface area (Å²) in [6.07, 6.45) is -0.908. The Balaban J connectivity index is 2.28. The maximum atomic E-state index is 13.4. The number of nitrogens with two attached hydrogens (primary N) is 3. The molecule has 1 aliphatic heterocycles. The molecule has 0 aromatic carbocycles. The molecule has 1 aromatic rings. The van der Waals surface area contributed by atoms with E-state index in [-0.39, 0.29) is 38.2 Å². The van der Waals surface area contributed by atoms with Crippen LogP contribution < -0.4 is 38.5 Å². The highest BCUT2D eigenvalue weighted by Gasteiger charge is 2.44. The number of aliphatic imine (C=N–C) groups is 1. The van der Waals surface area contributed by atoms with Crippen LogP contribution in [-0.2, 0) is 27.5 Å². The number of amides is 2. The Morgan fingerprint density at radius 3 is 2.49 bits per heavy atom. The largest absolute Gasteiger partial charge is 0.452 e. The molecular weight excluding hydrogens is 547 g/mol. The second kappa shape index (κ2) is 17.5. The van der Waals surface area contributed by atoms with Crippen LogP contribution in [0.5, 0.6) is 0 Å². The van der Waals surface area contributed by atoms with Crippen molar-refractivity contribution in [3.63, 3.8) is 0 Å². The second-order valence-electron chi connectivity index (χ2n) is 9.87. The van der Waals surface area contributed by atoms with Gasteiger partial charge in [0.2, 0.25) is 11.8 Å². The topological polar surface area (TPSA) is 220 Å². The molecule has 10 N–H and O–H groups in total. The van der Waals surface area contributed by atoms with Gasteiger partial charge < -0.3 is 38.5 Å². The quantitative estimate of drug-likeness (QED) is 0.103. The SMILES string of the molecule is NCCCC[C@@H]1NCCn2cc(nn2)CNCCCC[C@@H](C(=O)C(F)(F)F)NC(=O)[C@H](CCCN=C(N)N)NC1=O. The van der Waals surface area contributed by atoms with Gasteiger partial charge in [-0.15, -0.1) is 5.10 Å². The first-order chi connectivity index (χ1) is 19.5. The number of hydrogen-bond acceptors (Lipinski definition) is 9. The molecular formula is C24H42F3N11O3. The summed E-state index contributed by atoms with van der Waals surface area (Å²) in [6.45, 7) is 2.23. The van der Waals surface area contributed by atoms with Gasteiger partial charge in [0.15, 0.2) is 5.96 Å². The molecule has 2 amide bonds. The summed E-state index contributed by atoms with van der Waals surface area (Å²) in [5.41, 5.74) is 17.0. The number of ketones is 1. The number of unbranched alkanes of at least 4 members (excludes halogenated alkanes) is 1. The monoisotopic (exact) mass is 589 g/mol. The predicted molar refractivity (Wildman–Crippen MR) is 145 cm³/mol. The third-order valence-corrected chi connectivity index (χ3v) is 6.47. The van der Waals surface area contributed by atoms with Gasteiger partial charge >= 0.3 is 6.18 Å². The van der Waals surface area contributed by atoms with Crippen LogP contribution in [0.3, 0.4) is 0 Å². The minimum absolute atomic E-state index is 0.0302. The number of alkyl halides is 3. The van der Waals surface area contributed by atoms with E-state index in [9.17, 15) is 27.6 Å². The van der Waals surface area contributed by atoms with Gasteiger partial charge in [-0.05, 0) is 58.0 Å². The first-order valence-corrected chi connectivity index (χ1v) is 13.8. The van der Waals surface area contributed by atoms with E-state index in [0.29, 0.717) is 64.1 Å². The minimum Gasteiger partial charge on any atom is -0.370 e. The Hall–Kier alpha value is -3.31. The van der Waals surface area contributed by atoms with Gasteiger partial charge in [-0.3, -0.25) is 24.1 Å². The zero-order valence-corrected chi connectivity index (χ0v) is 23.1. The van der Waals surface area contributed by atoms with Gasteiger partial charge in [0.1, 0.15) is 6.04 Å². The van der Waals surface area contributed by atoms with Gasteiger partial charge in [0.25, 0.3) is 5.78 Å². The van der Waals surface area contributed by atoms with E-state index in [0.717, 1.165) is 0 Å². The van der Waals surface area contributed by atoms with E-state index in [1.165, 1.54) is 0 Å². The van der Waals surface area contributed by atoms with Crippen LogP contribution >= 0.6 is 0 Å². The van der Waals surface area contributed by atoms with Crippen molar-refractivity contribution >= 4 is 23.6 Å². The number of nitrogens with zero attached hydrogens (tertiary/aromatic N) is 4. The average Bonchev–Trinajstić information content (AvgIpc) is 3.36. The molecule has 0 saturated carbocycles. The molecule has 0 unspecified atom stereocenters. The number of fused-ring (bicyclic) bond motifs is 2. The number of guanidine groups is 1. The molecule has 0 fully saturated rings. The molecule has 17 heteroatoms. The van der Waals surface area contributed by atoms with Crippen molar-refractivity contribution in [1.82, 2.24) is 36.3 Å². The lowest BCUT2D eigenvalue weighted by molar-refractivity contribution is -0.174. The molecule has 232 valence electrons. The van der Waals surface area contributed by atoms with Crippen molar-refractivity contribution in [2.24, 2.45) is 22.2 Å². The number of carbonyl (C=O) groups excluding carboxylic acids is 3. The van der Waals surface area contributed by atoms with Gasteiger partial charge in [-0.2, -0.15) is 13.2 Å².